The van der Waals surface area contributed by atoms with E-state index in [1.807, 2.05) is 0 Å². The van der Waals surface area contributed by atoms with Crippen molar-refractivity contribution >= 4 is 88.7 Å². The third-order valence-corrected chi connectivity index (χ3v) is 16.0. The van der Waals surface area contributed by atoms with Gasteiger partial charge < -0.3 is 100 Å². The van der Waals surface area contributed by atoms with Crippen molar-refractivity contribution in [3.05, 3.63) is 71.8 Å². The second kappa shape index (κ2) is 44.0. The minimum atomic E-state index is -1.96. The van der Waals surface area contributed by atoms with Gasteiger partial charge in [0.25, 0.3) is 11.8 Å². The molecule has 35 heteroatoms. The first-order chi connectivity index (χ1) is 48.0. The number of carboxylic acid groups (broad SMARTS) is 1. The molecule has 0 aliphatic carbocycles. The fourth-order valence-electron chi connectivity index (χ4n) is 10.7. The SMILES string of the molecule is CC(=O)N1CCC[C@H]1C(=O)N[C@@H](CCCN=C(N)N)C(=O)N[C@@H](CCCCN)C(=O)N[C@@H](CC(C)C)C(=O)N[C@@H](Cc1ccc(O)cc1)C(=O)N[C@@H](CC(=O)O)C(=O)N[C@@H](Cc1ccc(O)cc1)C(=O)N[C@@H](CCCCNC(=O)COCCOCCNC(=O)CCN1C(=O)C=CC1=O)C(N)=O. The Hall–Kier alpha value is -10.3. The number of nitrogens with two attached hydrogens (primary N) is 4. The number of hydrogen-bond donors (Lipinski definition) is 16. The molecule has 13 amide bonds. The first-order valence-electron chi connectivity index (χ1n) is 33.5. The lowest BCUT2D eigenvalue weighted by molar-refractivity contribution is -0.141. The van der Waals surface area contributed by atoms with E-state index in [0.717, 1.165) is 17.1 Å². The maximum Gasteiger partial charge on any atom is 0.305 e. The minimum Gasteiger partial charge on any atom is -0.508 e. The molecule has 0 saturated carbocycles. The van der Waals surface area contributed by atoms with Crippen molar-refractivity contribution in [2.45, 2.75) is 165 Å². The maximum absolute atomic E-state index is 14.6. The number of phenolic OH excluding ortho intramolecular Hbond substituents is 2. The number of amides is 13. The number of nitrogens with zero attached hydrogens (tertiary/aromatic N) is 3. The van der Waals surface area contributed by atoms with E-state index in [1.54, 1.807) is 13.8 Å². The molecule has 2 heterocycles. The summed E-state index contributed by atoms with van der Waals surface area (Å²) in [6.07, 6.45) is 2.74. The highest BCUT2D eigenvalue weighted by atomic mass is 16.5. The van der Waals surface area contributed by atoms with Gasteiger partial charge in [0.05, 0.1) is 26.2 Å². The van der Waals surface area contributed by atoms with E-state index in [2.05, 4.69) is 52.8 Å². The molecule has 2 aliphatic heterocycles. The predicted molar refractivity (Wildman–Crippen MR) is 363 cm³/mol. The molecule has 2 aromatic rings. The third-order valence-electron chi connectivity index (χ3n) is 16.0. The number of carboxylic acids is 1. The van der Waals surface area contributed by atoms with Gasteiger partial charge in [-0.2, -0.15) is 0 Å². The van der Waals surface area contributed by atoms with Crippen LogP contribution in [0.2, 0.25) is 0 Å². The minimum absolute atomic E-state index is 0.00365. The number of phenols is 2. The Bertz CT molecular complexity index is 3200. The van der Waals surface area contributed by atoms with Crippen LogP contribution in [0.15, 0.2) is 65.7 Å². The van der Waals surface area contributed by atoms with Crippen molar-refractivity contribution in [1.82, 2.24) is 57.7 Å². The lowest BCUT2D eigenvalue weighted by Crippen LogP contribution is -2.61. The topological polar surface area (TPSA) is 549 Å². The standard InChI is InChI=1S/C66H98N16O19/c1-39(2)34-48(77-60(94)46(11-4-6-25-67)75-59(93)47(12-8-27-73-66(69)70)76-65(99)52-13-9-29-81(52)40(3)83)61(95)78-50(36-42-16-20-44(85)21-17-42)63(97)80-51(37-57(90)91)64(98)79-49(35-41-14-18-43(84)19-15-41)62(96)74-45(58(68)92)10-5-7-26-71-54(87)38-101-33-32-100-31-28-72-53(86)24-30-82-55(88)22-23-56(82)89/h14-23,39,45-52,84-85H,4-13,24-38,67H2,1-3H3,(H2,68,92)(H,71,87)(H,72,86)(H,74,96)(H,75,93)(H,76,99)(H,77,94)(H,78,95)(H,79,98)(H,80,97)(H,90,91)(H4,69,70,73)/t45-,46-,47-,48-,49-,50-,51-,52-/m0/s1. The number of aliphatic carboxylic acids is 1. The highest BCUT2D eigenvalue weighted by molar-refractivity contribution is 6.13. The molecule has 2 aliphatic rings. The van der Waals surface area contributed by atoms with Crippen LogP contribution in [0.3, 0.4) is 0 Å². The van der Waals surface area contributed by atoms with E-state index in [0.29, 0.717) is 49.8 Å². The Balaban J connectivity index is 1.45. The lowest BCUT2D eigenvalue weighted by Gasteiger charge is -2.29. The number of primary amides is 1. The zero-order chi connectivity index (χ0) is 74.6. The van der Waals surface area contributed by atoms with Crippen molar-refractivity contribution < 1.29 is 91.9 Å². The van der Waals surface area contributed by atoms with Crippen LogP contribution in [0.4, 0.5) is 0 Å². The number of aliphatic imine (C=N–C) groups is 1. The number of guanidine groups is 1. The smallest absolute Gasteiger partial charge is 0.305 e. The van der Waals surface area contributed by atoms with Crippen LogP contribution < -0.4 is 70.8 Å². The van der Waals surface area contributed by atoms with Crippen molar-refractivity contribution in [2.24, 2.45) is 33.8 Å². The summed E-state index contributed by atoms with van der Waals surface area (Å²) in [7, 11) is 0. The van der Waals surface area contributed by atoms with Crippen LogP contribution in [0.5, 0.6) is 11.5 Å². The van der Waals surface area contributed by atoms with E-state index in [9.17, 15) is 82.4 Å². The molecule has 556 valence electrons. The van der Waals surface area contributed by atoms with Crippen LogP contribution >= 0.6 is 0 Å². The Morgan fingerprint density at radius 1 is 0.584 bits per heavy atom. The van der Waals surface area contributed by atoms with Gasteiger partial charge in [0, 0.05) is 71.1 Å². The number of carbonyl (C=O) groups is 14. The van der Waals surface area contributed by atoms with Gasteiger partial charge in [0.1, 0.15) is 66.4 Å². The number of aromatic hydroxyl groups is 2. The molecule has 20 N–H and O–H groups in total. The van der Waals surface area contributed by atoms with Crippen LogP contribution in [-0.2, 0) is 89.4 Å². The highest BCUT2D eigenvalue weighted by Crippen LogP contribution is 2.20. The molecule has 0 unspecified atom stereocenters. The van der Waals surface area contributed by atoms with Crippen LogP contribution in [0.25, 0.3) is 0 Å². The number of imide groups is 1. The molecule has 8 atom stereocenters. The Labute approximate surface area is 584 Å². The first-order valence-corrected chi connectivity index (χ1v) is 33.5. The van der Waals surface area contributed by atoms with Gasteiger partial charge in [-0.15, -0.1) is 0 Å². The molecule has 0 bridgehead atoms. The van der Waals surface area contributed by atoms with E-state index >= 15 is 0 Å². The Kier molecular flexibility index (Phi) is 36.2. The molecule has 101 heavy (non-hydrogen) atoms. The molecule has 2 aromatic carbocycles. The van der Waals surface area contributed by atoms with Crippen molar-refractivity contribution in [3.8, 4) is 11.5 Å². The summed E-state index contributed by atoms with van der Waals surface area (Å²) in [5.74, 6) is -11.9. The molecule has 1 saturated heterocycles. The quantitative estimate of drug-likeness (QED) is 0.0131. The van der Waals surface area contributed by atoms with Gasteiger partial charge in [0.15, 0.2) is 5.96 Å². The van der Waals surface area contributed by atoms with Crippen molar-refractivity contribution in [1.29, 1.82) is 0 Å². The summed E-state index contributed by atoms with van der Waals surface area (Å²) in [4.78, 5) is 192. The third kappa shape index (κ3) is 31.2. The van der Waals surface area contributed by atoms with E-state index in [4.69, 9.17) is 32.4 Å². The molecular weight excluding hydrogens is 1320 g/mol. The van der Waals surface area contributed by atoms with Crippen LogP contribution in [0, 0.1) is 5.92 Å². The predicted octanol–water partition coefficient (Wildman–Crippen LogP) is -3.77. The summed E-state index contributed by atoms with van der Waals surface area (Å²) in [5, 5.41) is 53.7. The number of hydrogen-bond acceptors (Lipinski definition) is 20. The monoisotopic (exact) mass is 1420 g/mol. The molecule has 1 fully saturated rings. The second-order valence-electron chi connectivity index (χ2n) is 24.7. The van der Waals surface area contributed by atoms with E-state index < -0.39 is 126 Å². The van der Waals surface area contributed by atoms with E-state index in [-0.39, 0.29) is 152 Å². The summed E-state index contributed by atoms with van der Waals surface area (Å²) < 4.78 is 10.7. The summed E-state index contributed by atoms with van der Waals surface area (Å²) in [6.45, 7) is 5.63. The van der Waals surface area contributed by atoms with Crippen LogP contribution in [-0.4, -0.2) is 228 Å². The zero-order valence-electron chi connectivity index (χ0n) is 57.2. The van der Waals surface area contributed by atoms with Crippen molar-refractivity contribution in [3.63, 3.8) is 0 Å². The van der Waals surface area contributed by atoms with Gasteiger partial charge in [-0.1, -0.05) is 38.1 Å². The number of carbonyl (C=O) groups excluding carboxylic acids is 13. The van der Waals surface area contributed by atoms with Gasteiger partial charge in [-0.25, -0.2) is 0 Å². The molecule has 0 radical (unpaired) electrons. The van der Waals surface area contributed by atoms with Crippen molar-refractivity contribution in [2.75, 3.05) is 65.7 Å². The molecule has 35 nitrogen and oxygen atoms in total. The molecule has 4 rings (SSSR count). The number of ether oxygens (including phenoxy) is 2. The fraction of sp³-hybridized carbons (Fsp3) is 0.561. The molecular formula is C66H98N16O19. The first kappa shape index (κ1) is 83.1. The fourth-order valence-corrected chi connectivity index (χ4v) is 10.7. The van der Waals surface area contributed by atoms with Crippen LogP contribution in [0.1, 0.15) is 115 Å². The lowest BCUT2D eigenvalue weighted by atomic mass is 9.99. The second-order valence-corrected chi connectivity index (χ2v) is 24.7. The number of nitrogens with one attached hydrogen (secondary N) is 9. The zero-order valence-corrected chi connectivity index (χ0v) is 57.2. The average Bonchev–Trinajstić information content (AvgIpc) is 1.84. The normalized spacial score (nSPS) is 15.4. The highest BCUT2D eigenvalue weighted by Gasteiger charge is 2.38. The van der Waals surface area contributed by atoms with E-state index in [1.165, 1.54) is 60.4 Å². The number of rotatable bonds is 47. The summed E-state index contributed by atoms with van der Waals surface area (Å²) in [5.41, 5.74) is 23.3. The van der Waals surface area contributed by atoms with Gasteiger partial charge in [-0.3, -0.25) is 77.0 Å². The summed E-state index contributed by atoms with van der Waals surface area (Å²) in [6, 6.07) is -0.450. The molecule has 0 spiro atoms. The number of unbranched alkanes of at least 4 members (excludes halogenated alkanes) is 2. The maximum atomic E-state index is 14.6. The van der Waals surface area contributed by atoms with Gasteiger partial charge in [-0.05, 0) is 118 Å². The Morgan fingerprint density at radius 2 is 1.07 bits per heavy atom. The largest absolute Gasteiger partial charge is 0.508 e. The molecule has 0 aromatic heterocycles. The summed E-state index contributed by atoms with van der Waals surface area (Å²) >= 11 is 0. The van der Waals surface area contributed by atoms with Gasteiger partial charge >= 0.3 is 5.97 Å². The Morgan fingerprint density at radius 3 is 1.62 bits per heavy atom. The number of likely N-dealkylation sites (tertiary alicyclic amines) is 1. The number of benzene rings is 2. The average molecular weight is 1420 g/mol. The van der Waals surface area contributed by atoms with Gasteiger partial charge in [0.2, 0.25) is 65.0 Å².